The predicted molar refractivity (Wildman–Crippen MR) is 14.5 cm³/mol. The molecule has 0 aromatic rings. The largest absolute Gasteiger partial charge is 0.412 e. The molecule has 49 valence electrons. The van der Waals surface area contributed by atoms with E-state index in [4.69, 9.17) is 0 Å². The number of hydrogen-bond donors (Lipinski definition) is 0. The Hall–Kier alpha value is 1.01. The van der Waals surface area contributed by atoms with Gasteiger partial charge >= 0.3 is 0 Å². The summed E-state index contributed by atoms with van der Waals surface area (Å²) in [5, 5.41) is 0. The predicted octanol–water partition coefficient (Wildman–Crippen LogP) is -3.30. The van der Waals surface area contributed by atoms with Gasteiger partial charge < -0.3 is 21.9 Å². The summed E-state index contributed by atoms with van der Waals surface area (Å²) in [6, 6.07) is 0. The molecule has 0 rings (SSSR count). The molecule has 0 saturated carbocycles. The van der Waals surface area contributed by atoms with Gasteiger partial charge in [0.2, 0.25) is 0 Å². The molecule has 0 aromatic heterocycles. The van der Waals surface area contributed by atoms with E-state index in [1.807, 2.05) is 0 Å². The minimum Gasteiger partial charge on any atom is -0.412 e. The van der Waals surface area contributed by atoms with Crippen LogP contribution in [0.1, 0.15) is 0 Å². The molecule has 0 saturated heterocycles. The van der Waals surface area contributed by atoms with Crippen LogP contribution in [0.2, 0.25) is 0 Å². The number of rotatable bonds is 0. The molecule has 6 heteroatoms. The van der Waals surface area contributed by atoms with E-state index in [1.165, 1.54) is 0 Å². The summed E-state index contributed by atoms with van der Waals surface area (Å²) in [6.07, 6.45) is 0. The molecule has 0 amide bonds. The van der Waals surface area contributed by atoms with Crippen LogP contribution in [0.3, 0.4) is 0 Å². The molecular weight excluding hydrogens is 312 g/mol. The van der Waals surface area contributed by atoms with Crippen LogP contribution in [0.25, 0.3) is 0 Å². The molecule has 0 bridgehead atoms. The molecule has 0 unspecified atom stereocenters. The first-order valence-electron chi connectivity index (χ1n) is 0. The van der Waals surface area contributed by atoms with Crippen molar-refractivity contribution >= 4 is 0 Å². The summed E-state index contributed by atoms with van der Waals surface area (Å²) in [7, 11) is 0. The first-order chi connectivity index (χ1) is 0. The quantitative estimate of drug-likeness (QED) is 0.415. The Morgan fingerprint density at radius 2 is 0.500 bits per heavy atom. The van der Waals surface area contributed by atoms with Crippen LogP contribution >= 0.6 is 0 Å². The molecule has 0 aromatic carbocycles. The Labute approximate surface area is 59.4 Å². The van der Waals surface area contributed by atoms with E-state index in [0.717, 1.165) is 0 Å². The average Bonchev–Trinajstić information content (AvgIpc) is 0. The van der Waals surface area contributed by atoms with Gasteiger partial charge in [0.25, 0.3) is 0 Å². The first kappa shape index (κ1) is 249. The zero-order valence-corrected chi connectivity index (χ0v) is 6.19. The van der Waals surface area contributed by atoms with Crippen LogP contribution in [0.5, 0.6) is 0 Å². The summed E-state index contributed by atoms with van der Waals surface area (Å²) in [6.45, 7) is 0. The van der Waals surface area contributed by atoms with Gasteiger partial charge in [-0.3, -0.25) is 0 Å². The van der Waals surface area contributed by atoms with Crippen molar-refractivity contribution < 1.29 is 59.1 Å². The Kier molecular flexibility index (Phi) is 6140. The van der Waals surface area contributed by atoms with E-state index >= 15 is 0 Å². The minimum atomic E-state index is 0. The second-order valence-corrected chi connectivity index (χ2v) is 0. The molecule has 0 aliphatic heterocycles. The van der Waals surface area contributed by atoms with Crippen LogP contribution in [-0.2, 0) is 37.2 Å². The molecule has 0 fully saturated rings. The fourth-order valence-electron chi connectivity index (χ4n) is 0. The summed E-state index contributed by atoms with van der Waals surface area (Å²) in [4.78, 5) is 0. The fraction of sp³-hybridized carbons (Fsp3) is 0. The van der Waals surface area contributed by atoms with Gasteiger partial charge in [-0.05, 0) is 0 Å². The molecule has 8 N–H and O–H groups in total. The van der Waals surface area contributed by atoms with Gasteiger partial charge in [-0.2, -0.15) is 0 Å². The van der Waals surface area contributed by atoms with Crippen molar-refractivity contribution in [1.82, 2.24) is 0 Å². The summed E-state index contributed by atoms with van der Waals surface area (Å²) in [5.41, 5.74) is 0. The van der Waals surface area contributed by atoms with Crippen molar-refractivity contribution in [3.8, 4) is 0 Å². The van der Waals surface area contributed by atoms with Gasteiger partial charge in [0, 0.05) is 37.2 Å². The normalized spacial score (nSPS) is 0. The van der Waals surface area contributed by atoms with Crippen molar-refractivity contribution in [2.45, 2.75) is 0 Å². The van der Waals surface area contributed by atoms with Gasteiger partial charge in [-0.1, -0.05) is 0 Å². The van der Waals surface area contributed by atoms with Crippen LogP contribution in [0, 0.1) is 0 Å². The van der Waals surface area contributed by atoms with Crippen LogP contribution in [0.15, 0.2) is 0 Å². The van der Waals surface area contributed by atoms with E-state index in [9.17, 15) is 0 Å². The fourth-order valence-corrected chi connectivity index (χ4v) is 0. The third-order valence-electron chi connectivity index (χ3n) is 0. The molecule has 0 heterocycles. The molecule has 4 nitrogen and oxygen atoms in total. The standard InChI is InChI=1S/Fe.Ir.4H2O/h;;4*1H2. The molecular formula is H8FeIrO4. The van der Waals surface area contributed by atoms with E-state index in [0.29, 0.717) is 0 Å². The average molecular weight is 320 g/mol. The first-order valence-corrected chi connectivity index (χ1v) is 0. The maximum Gasteiger partial charge on any atom is 0 e. The van der Waals surface area contributed by atoms with Crippen LogP contribution in [0.4, 0.5) is 0 Å². The van der Waals surface area contributed by atoms with Crippen molar-refractivity contribution in [1.29, 1.82) is 0 Å². The topological polar surface area (TPSA) is 126 Å². The summed E-state index contributed by atoms with van der Waals surface area (Å²) < 4.78 is 0. The molecule has 1 radical (unpaired) electrons. The Morgan fingerprint density at radius 1 is 0.500 bits per heavy atom. The summed E-state index contributed by atoms with van der Waals surface area (Å²) in [5.74, 6) is 0. The second-order valence-electron chi connectivity index (χ2n) is 0. The maximum atomic E-state index is 0. The Bertz CT molecular complexity index is 7.51. The van der Waals surface area contributed by atoms with Gasteiger partial charge in [-0.15, -0.1) is 0 Å². The minimum absolute atomic E-state index is 0. The van der Waals surface area contributed by atoms with E-state index in [-0.39, 0.29) is 59.1 Å². The SMILES string of the molecule is O.O.O.O.[Fe].[Ir]. The summed E-state index contributed by atoms with van der Waals surface area (Å²) >= 11 is 0. The monoisotopic (exact) mass is 321 g/mol. The van der Waals surface area contributed by atoms with E-state index in [2.05, 4.69) is 0 Å². The van der Waals surface area contributed by atoms with Gasteiger partial charge in [0.15, 0.2) is 0 Å². The molecule has 0 aliphatic rings. The third-order valence-corrected chi connectivity index (χ3v) is 0. The smallest absolute Gasteiger partial charge is 0 e. The van der Waals surface area contributed by atoms with E-state index < -0.39 is 0 Å². The zero-order chi connectivity index (χ0) is 0. The van der Waals surface area contributed by atoms with Crippen molar-refractivity contribution in [3.63, 3.8) is 0 Å². The molecule has 0 aliphatic carbocycles. The Balaban J connectivity index is 0. The molecule has 0 spiro atoms. The van der Waals surface area contributed by atoms with E-state index in [1.54, 1.807) is 0 Å². The van der Waals surface area contributed by atoms with Crippen molar-refractivity contribution in [2.75, 3.05) is 0 Å². The van der Waals surface area contributed by atoms with Crippen LogP contribution < -0.4 is 0 Å². The van der Waals surface area contributed by atoms with Gasteiger partial charge in [-0.25, -0.2) is 0 Å². The second kappa shape index (κ2) is 148. The zero-order valence-electron chi connectivity index (χ0n) is 2.69. The molecule has 6 heavy (non-hydrogen) atoms. The van der Waals surface area contributed by atoms with Gasteiger partial charge in [0.05, 0.1) is 0 Å². The van der Waals surface area contributed by atoms with Gasteiger partial charge in [0.1, 0.15) is 0 Å². The van der Waals surface area contributed by atoms with Crippen molar-refractivity contribution in [2.24, 2.45) is 0 Å². The van der Waals surface area contributed by atoms with Crippen LogP contribution in [-0.4, -0.2) is 21.9 Å². The third kappa shape index (κ3) is 79.1. The maximum absolute atomic E-state index is 0. The number of hydrogen-bond acceptors (Lipinski definition) is 0. The molecule has 0 atom stereocenters. The Morgan fingerprint density at radius 3 is 0.500 bits per heavy atom. The van der Waals surface area contributed by atoms with Crippen molar-refractivity contribution in [3.05, 3.63) is 0 Å².